The fraction of sp³-hybridized carbons (Fsp3) is 0.429. The van der Waals surface area contributed by atoms with Crippen molar-refractivity contribution in [2.24, 2.45) is 5.73 Å². The van der Waals surface area contributed by atoms with Crippen LogP contribution in [0.5, 0.6) is 0 Å². The summed E-state index contributed by atoms with van der Waals surface area (Å²) in [6, 6.07) is 7.47. The molecule has 3 amide bonds. The van der Waals surface area contributed by atoms with E-state index in [1.54, 1.807) is 6.92 Å². The lowest BCUT2D eigenvalue weighted by Crippen LogP contribution is -2.52. The minimum absolute atomic E-state index is 0.0328. The maximum absolute atomic E-state index is 12.7. The number of carbonyl (C=O) groups excluding carboxylic acids is 4. The van der Waals surface area contributed by atoms with Gasteiger partial charge in [-0.25, -0.2) is 9.59 Å². The molecule has 0 radical (unpaired) electrons. The number of nitrogens with zero attached hydrogens (tertiary/aromatic N) is 1. The van der Waals surface area contributed by atoms with Crippen LogP contribution in [0.1, 0.15) is 31.7 Å². The highest BCUT2D eigenvalue weighted by atomic mass is 16.6. The average Bonchev–Trinajstić information content (AvgIpc) is 3.22. The Kier molecular flexibility index (Phi) is 8.86. The maximum atomic E-state index is 12.7. The molecule has 2 rings (SSSR count). The zero-order chi connectivity index (χ0) is 21.9. The van der Waals surface area contributed by atoms with Crippen LogP contribution < -0.4 is 11.1 Å². The molecule has 1 fully saturated rings. The first-order valence-electron chi connectivity index (χ1n) is 9.82. The Hall–Kier alpha value is -3.36. The van der Waals surface area contributed by atoms with Crippen molar-refractivity contribution in [3.63, 3.8) is 0 Å². The molecule has 162 valence electrons. The van der Waals surface area contributed by atoms with E-state index in [4.69, 9.17) is 15.2 Å². The maximum Gasteiger partial charge on any atom is 0.410 e. The molecule has 0 unspecified atom stereocenters. The molecule has 0 aliphatic carbocycles. The van der Waals surface area contributed by atoms with Crippen LogP contribution in [-0.2, 0) is 30.5 Å². The third-order valence-corrected chi connectivity index (χ3v) is 4.57. The summed E-state index contributed by atoms with van der Waals surface area (Å²) in [5.41, 5.74) is 6.20. The van der Waals surface area contributed by atoms with E-state index in [0.717, 1.165) is 5.56 Å². The van der Waals surface area contributed by atoms with Crippen LogP contribution in [0, 0.1) is 0 Å². The normalized spacial score (nSPS) is 16.8. The van der Waals surface area contributed by atoms with Crippen molar-refractivity contribution in [3.05, 3.63) is 48.0 Å². The van der Waals surface area contributed by atoms with Crippen molar-refractivity contribution < 1.29 is 28.7 Å². The molecule has 30 heavy (non-hydrogen) atoms. The molecular formula is C21H27N3O6. The molecule has 1 saturated heterocycles. The lowest BCUT2D eigenvalue weighted by atomic mass is 10.1. The standard InChI is InChI=1S/C21H27N3O6/c1-2-29-18(25)12-6-10-16(19(22)26)23-20(27)17-11-7-13-24(17)21(28)30-14-15-8-4-3-5-9-15/h3-6,8-9,12,16-17H,2,7,10-11,13-14H2,1H3,(H2,22,26)(H,23,27)/b12-6+/t16-,17+/m0/s1. The largest absolute Gasteiger partial charge is 0.463 e. The van der Waals surface area contributed by atoms with Crippen LogP contribution in [-0.4, -0.2) is 54.0 Å². The van der Waals surface area contributed by atoms with E-state index in [1.165, 1.54) is 17.1 Å². The smallest absolute Gasteiger partial charge is 0.410 e. The lowest BCUT2D eigenvalue weighted by molar-refractivity contribution is -0.137. The average molecular weight is 417 g/mol. The van der Waals surface area contributed by atoms with Crippen molar-refractivity contribution in [2.45, 2.75) is 44.9 Å². The van der Waals surface area contributed by atoms with Gasteiger partial charge in [-0.1, -0.05) is 36.4 Å². The highest BCUT2D eigenvalue weighted by Crippen LogP contribution is 2.19. The molecule has 2 atom stereocenters. The molecule has 1 heterocycles. The van der Waals surface area contributed by atoms with Crippen molar-refractivity contribution >= 4 is 23.9 Å². The van der Waals surface area contributed by atoms with Gasteiger partial charge >= 0.3 is 12.1 Å². The molecule has 1 aliphatic heterocycles. The molecule has 0 saturated carbocycles. The third-order valence-electron chi connectivity index (χ3n) is 4.57. The molecular weight excluding hydrogens is 390 g/mol. The van der Waals surface area contributed by atoms with Gasteiger partial charge in [-0.2, -0.15) is 0 Å². The monoisotopic (exact) mass is 417 g/mol. The number of esters is 1. The lowest BCUT2D eigenvalue weighted by Gasteiger charge is -2.25. The summed E-state index contributed by atoms with van der Waals surface area (Å²) in [7, 11) is 0. The first-order valence-corrected chi connectivity index (χ1v) is 9.82. The van der Waals surface area contributed by atoms with Crippen molar-refractivity contribution in [1.29, 1.82) is 0 Å². The first-order chi connectivity index (χ1) is 14.4. The Labute approximate surface area is 175 Å². The van der Waals surface area contributed by atoms with E-state index < -0.39 is 36.0 Å². The van der Waals surface area contributed by atoms with Crippen LogP contribution in [0.3, 0.4) is 0 Å². The summed E-state index contributed by atoms with van der Waals surface area (Å²) in [6.07, 6.45) is 3.13. The number of likely N-dealkylation sites (tertiary alicyclic amines) is 1. The Morgan fingerprint density at radius 1 is 1.23 bits per heavy atom. The van der Waals surface area contributed by atoms with E-state index in [1.807, 2.05) is 30.3 Å². The highest BCUT2D eigenvalue weighted by molar-refractivity contribution is 5.91. The SMILES string of the molecule is CCOC(=O)/C=C/C[C@H](NC(=O)[C@H]1CCCN1C(=O)OCc1ccccc1)C(N)=O. The topological polar surface area (TPSA) is 128 Å². The van der Waals surface area contributed by atoms with Gasteiger partial charge < -0.3 is 20.5 Å². The summed E-state index contributed by atoms with van der Waals surface area (Å²) < 4.78 is 10.1. The second-order valence-corrected chi connectivity index (χ2v) is 6.75. The molecule has 1 aromatic carbocycles. The number of hydrogen-bond acceptors (Lipinski definition) is 6. The van der Waals surface area contributed by atoms with Gasteiger partial charge in [0.25, 0.3) is 0 Å². The predicted molar refractivity (Wildman–Crippen MR) is 108 cm³/mol. The van der Waals surface area contributed by atoms with Gasteiger partial charge in [0.1, 0.15) is 18.7 Å². The van der Waals surface area contributed by atoms with Crippen LogP contribution >= 0.6 is 0 Å². The van der Waals surface area contributed by atoms with E-state index in [9.17, 15) is 19.2 Å². The fourth-order valence-electron chi connectivity index (χ4n) is 3.06. The van der Waals surface area contributed by atoms with E-state index in [-0.39, 0.29) is 19.6 Å². The van der Waals surface area contributed by atoms with Crippen LogP contribution in [0.15, 0.2) is 42.5 Å². The van der Waals surface area contributed by atoms with Crippen molar-refractivity contribution in [3.8, 4) is 0 Å². The summed E-state index contributed by atoms with van der Waals surface area (Å²) in [6.45, 7) is 2.40. The number of amides is 3. The van der Waals surface area contributed by atoms with Gasteiger partial charge in [-0.15, -0.1) is 0 Å². The predicted octanol–water partition coefficient (Wildman–Crippen LogP) is 1.27. The number of primary amides is 1. The number of carbonyl (C=O) groups is 4. The number of ether oxygens (including phenoxy) is 2. The summed E-state index contributed by atoms with van der Waals surface area (Å²) in [5.74, 6) is -1.78. The highest BCUT2D eigenvalue weighted by Gasteiger charge is 2.36. The van der Waals surface area contributed by atoms with Gasteiger partial charge in [0.05, 0.1) is 6.61 Å². The quantitative estimate of drug-likeness (QED) is 0.460. The molecule has 9 heteroatoms. The van der Waals surface area contributed by atoms with Crippen LogP contribution in [0.25, 0.3) is 0 Å². The summed E-state index contributed by atoms with van der Waals surface area (Å²) in [4.78, 5) is 49.5. The molecule has 0 aromatic heterocycles. The zero-order valence-electron chi connectivity index (χ0n) is 16.9. The molecule has 9 nitrogen and oxygen atoms in total. The Bertz CT molecular complexity index is 780. The van der Waals surface area contributed by atoms with Gasteiger partial charge in [-0.05, 0) is 31.7 Å². The van der Waals surface area contributed by atoms with Gasteiger partial charge in [0, 0.05) is 12.6 Å². The Morgan fingerprint density at radius 3 is 2.63 bits per heavy atom. The first kappa shape index (κ1) is 22.9. The van der Waals surface area contributed by atoms with Crippen LogP contribution in [0.4, 0.5) is 4.79 Å². The van der Waals surface area contributed by atoms with Crippen LogP contribution in [0.2, 0.25) is 0 Å². The second-order valence-electron chi connectivity index (χ2n) is 6.75. The zero-order valence-corrected chi connectivity index (χ0v) is 16.9. The number of nitrogens with two attached hydrogens (primary N) is 1. The number of hydrogen-bond donors (Lipinski definition) is 2. The van der Waals surface area contributed by atoms with Crippen molar-refractivity contribution in [2.75, 3.05) is 13.2 Å². The molecule has 0 bridgehead atoms. The molecule has 3 N–H and O–H groups in total. The van der Waals surface area contributed by atoms with E-state index in [0.29, 0.717) is 19.4 Å². The number of rotatable bonds is 9. The Morgan fingerprint density at radius 2 is 1.97 bits per heavy atom. The van der Waals surface area contributed by atoms with Gasteiger partial charge in [-0.3, -0.25) is 14.5 Å². The second kappa shape index (κ2) is 11.6. The minimum atomic E-state index is -1.01. The van der Waals surface area contributed by atoms with Crippen molar-refractivity contribution in [1.82, 2.24) is 10.2 Å². The van der Waals surface area contributed by atoms with E-state index in [2.05, 4.69) is 5.32 Å². The summed E-state index contributed by atoms with van der Waals surface area (Å²) >= 11 is 0. The number of benzene rings is 1. The van der Waals surface area contributed by atoms with Gasteiger partial charge in [0.15, 0.2) is 0 Å². The molecule has 1 aliphatic rings. The molecule has 1 aromatic rings. The fourth-order valence-corrected chi connectivity index (χ4v) is 3.06. The summed E-state index contributed by atoms with van der Waals surface area (Å²) in [5, 5.41) is 2.56. The molecule has 0 spiro atoms. The number of nitrogens with one attached hydrogen (secondary N) is 1. The Balaban J connectivity index is 1.91. The van der Waals surface area contributed by atoms with Gasteiger partial charge in [0.2, 0.25) is 11.8 Å². The third kappa shape index (κ3) is 6.91. The van der Waals surface area contributed by atoms with E-state index >= 15 is 0 Å². The minimum Gasteiger partial charge on any atom is -0.463 e.